The van der Waals surface area contributed by atoms with Crippen molar-refractivity contribution in [2.45, 2.75) is 77.6 Å². The zero-order valence-corrected chi connectivity index (χ0v) is 29.6. The Hall–Kier alpha value is -4.49. The summed E-state index contributed by atoms with van der Waals surface area (Å²) in [5.41, 5.74) is 2.14. The second kappa shape index (κ2) is 16.8. The Morgan fingerprint density at radius 2 is 1.61 bits per heavy atom. The Morgan fingerprint density at radius 1 is 0.980 bits per heavy atom. The first-order valence-corrected chi connectivity index (χ1v) is 17.7. The fourth-order valence-electron chi connectivity index (χ4n) is 5.58. The summed E-state index contributed by atoms with van der Waals surface area (Å²) in [6.45, 7) is 9.03. The normalized spacial score (nSPS) is 14.2. The van der Waals surface area contributed by atoms with Crippen molar-refractivity contribution in [1.29, 1.82) is 0 Å². The number of hydrogen-bond acceptors (Lipinski definition) is 7. The number of halogens is 1. The smallest absolute Gasteiger partial charge is 0.409 e. The lowest BCUT2D eigenvalue weighted by atomic mass is 9.85. The lowest BCUT2D eigenvalue weighted by molar-refractivity contribution is -0.138. The van der Waals surface area contributed by atoms with Gasteiger partial charge in [-0.1, -0.05) is 82.3 Å². The van der Waals surface area contributed by atoms with Crippen molar-refractivity contribution in [3.63, 3.8) is 0 Å². The number of phenols is 1. The minimum Gasteiger partial charge on any atom is -0.508 e. The quantitative estimate of drug-likeness (QED) is 0.177. The number of phenolic OH excluding ortho intramolecular Hbond substituents is 1. The number of primary sulfonamides is 1. The second-order valence-electron chi connectivity index (χ2n) is 13.2. The van der Waals surface area contributed by atoms with Crippen LogP contribution < -0.4 is 15.8 Å². The van der Waals surface area contributed by atoms with Crippen LogP contribution >= 0.6 is 0 Å². The van der Waals surface area contributed by atoms with Gasteiger partial charge in [0.05, 0.1) is 17.6 Å². The zero-order valence-electron chi connectivity index (χ0n) is 28.8. The van der Waals surface area contributed by atoms with Gasteiger partial charge in [0, 0.05) is 13.1 Å². The van der Waals surface area contributed by atoms with Gasteiger partial charge in [-0.3, -0.25) is 9.59 Å². The van der Waals surface area contributed by atoms with E-state index < -0.39 is 69.0 Å². The number of carbonyl (C=O) groups excluding carboxylic acids is 3. The largest absolute Gasteiger partial charge is 0.508 e. The van der Waals surface area contributed by atoms with Crippen LogP contribution in [0.1, 0.15) is 69.2 Å². The van der Waals surface area contributed by atoms with Crippen LogP contribution in [0.15, 0.2) is 72.8 Å². The Morgan fingerprint density at radius 3 is 2.18 bits per heavy atom. The molecule has 3 rings (SSSR count). The van der Waals surface area contributed by atoms with Crippen LogP contribution in [0.2, 0.25) is 0 Å². The Labute approximate surface area is 288 Å². The van der Waals surface area contributed by atoms with Crippen molar-refractivity contribution in [1.82, 2.24) is 15.5 Å². The van der Waals surface area contributed by atoms with Gasteiger partial charge in [-0.15, -0.1) is 0 Å². The van der Waals surface area contributed by atoms with Crippen molar-refractivity contribution < 1.29 is 37.0 Å². The number of nitrogens with two attached hydrogens (primary N) is 1. The van der Waals surface area contributed by atoms with Crippen LogP contribution in [0.5, 0.6) is 5.75 Å². The second-order valence-corrected chi connectivity index (χ2v) is 14.9. The molecule has 0 spiro atoms. The van der Waals surface area contributed by atoms with E-state index in [0.717, 1.165) is 5.56 Å². The molecule has 0 aliphatic carbocycles. The third-order valence-electron chi connectivity index (χ3n) is 8.27. The number of hydrogen-bond donors (Lipinski definition) is 4. The maximum absolute atomic E-state index is 14.0. The number of sulfonamides is 1. The summed E-state index contributed by atoms with van der Waals surface area (Å²) in [6.07, 6.45) is -1.91. The van der Waals surface area contributed by atoms with Gasteiger partial charge >= 0.3 is 6.09 Å². The summed E-state index contributed by atoms with van der Waals surface area (Å²) in [4.78, 5) is 42.1. The number of amides is 3. The fraction of sp³-hybridized carbons (Fsp3) is 0.417. The molecule has 0 heterocycles. The molecule has 13 heteroatoms. The number of nitrogens with one attached hydrogen (secondary N) is 2. The average molecular weight is 699 g/mol. The van der Waals surface area contributed by atoms with Gasteiger partial charge in [0.2, 0.25) is 21.8 Å². The number of ether oxygens (including phenoxy) is 1. The predicted octanol–water partition coefficient (Wildman–Crippen LogP) is 4.69. The Kier molecular flexibility index (Phi) is 13.3. The van der Waals surface area contributed by atoms with Crippen LogP contribution in [0.4, 0.5) is 9.18 Å². The lowest BCUT2D eigenvalue weighted by Gasteiger charge is -2.36. The highest BCUT2D eigenvalue weighted by molar-refractivity contribution is 7.89. The molecule has 266 valence electrons. The van der Waals surface area contributed by atoms with E-state index >= 15 is 0 Å². The highest BCUT2D eigenvalue weighted by Crippen LogP contribution is 2.31. The third kappa shape index (κ3) is 11.6. The van der Waals surface area contributed by atoms with Gasteiger partial charge in [0.1, 0.15) is 24.3 Å². The van der Waals surface area contributed by atoms with E-state index in [-0.39, 0.29) is 25.2 Å². The van der Waals surface area contributed by atoms with Gasteiger partial charge in [-0.25, -0.2) is 22.7 Å². The highest BCUT2D eigenvalue weighted by atomic mass is 32.2. The number of rotatable bonds is 14. The molecule has 5 N–H and O–H groups in total. The fourth-order valence-corrected chi connectivity index (χ4v) is 6.34. The van der Waals surface area contributed by atoms with Gasteiger partial charge in [0.25, 0.3) is 0 Å². The maximum atomic E-state index is 14.0. The van der Waals surface area contributed by atoms with Gasteiger partial charge in [-0.2, -0.15) is 0 Å². The first kappa shape index (κ1) is 39.0. The summed E-state index contributed by atoms with van der Waals surface area (Å²) < 4.78 is 43.5. The molecule has 3 amide bonds. The minimum absolute atomic E-state index is 0.0638. The number of nitrogens with zero attached hydrogens (tertiary/aromatic N) is 1. The molecule has 0 saturated heterocycles. The highest BCUT2D eigenvalue weighted by Gasteiger charge is 2.37. The van der Waals surface area contributed by atoms with Crippen molar-refractivity contribution in [2.75, 3.05) is 12.8 Å². The molecule has 4 unspecified atom stereocenters. The van der Waals surface area contributed by atoms with E-state index in [4.69, 9.17) is 9.88 Å². The van der Waals surface area contributed by atoms with E-state index in [1.807, 2.05) is 26.8 Å². The van der Waals surface area contributed by atoms with E-state index in [1.165, 1.54) is 42.3 Å². The molecular formula is C36H47FN4O7S. The summed E-state index contributed by atoms with van der Waals surface area (Å²) in [5, 5.41) is 21.3. The molecule has 0 aliphatic rings. The first-order valence-electron chi connectivity index (χ1n) is 16.0. The molecule has 11 nitrogen and oxygen atoms in total. The molecule has 0 aromatic heterocycles. The van der Waals surface area contributed by atoms with E-state index in [0.29, 0.717) is 16.7 Å². The molecule has 0 saturated carbocycles. The van der Waals surface area contributed by atoms with E-state index in [1.54, 1.807) is 50.2 Å². The maximum Gasteiger partial charge on any atom is 0.409 e. The number of alkyl carbamates (subject to hydrolysis) is 1. The third-order valence-corrected chi connectivity index (χ3v) is 9.14. The van der Waals surface area contributed by atoms with Crippen LogP contribution in [-0.2, 0) is 42.8 Å². The molecular weight excluding hydrogens is 651 g/mol. The summed E-state index contributed by atoms with van der Waals surface area (Å²) in [6, 6.07) is 18.3. The summed E-state index contributed by atoms with van der Waals surface area (Å²) >= 11 is 0. The number of carbonyl (C=O) groups is 3. The Balaban J connectivity index is 1.92. The van der Waals surface area contributed by atoms with Crippen LogP contribution in [-0.4, -0.2) is 61.3 Å². The lowest BCUT2D eigenvalue weighted by Crippen LogP contribution is -2.58. The standard InChI is InChI=1S/C36H47FN4O7S/c1-7-29(33(43)39-28(22-49(38,46)47)19-25-13-18-31(42)30(20-25)36(3,4)5)32(40-35(45)48-21-24-11-9-8-10-12-24)41(6)34(44)23(2)26-14-16-27(37)17-15-26/h8-18,20,23,28-29,32,42H,7,19,21-22H2,1-6H3,(H,39,43)(H,40,45)(H2,38,46,47). The molecule has 49 heavy (non-hydrogen) atoms. The van der Waals surface area contributed by atoms with Crippen LogP contribution in [0.3, 0.4) is 0 Å². The van der Waals surface area contributed by atoms with Crippen molar-refractivity contribution in [3.8, 4) is 5.75 Å². The van der Waals surface area contributed by atoms with E-state index in [9.17, 15) is 32.3 Å². The average Bonchev–Trinajstić information content (AvgIpc) is 3.03. The number of aromatic hydroxyl groups is 1. The van der Waals surface area contributed by atoms with Gasteiger partial charge < -0.3 is 25.4 Å². The predicted molar refractivity (Wildman–Crippen MR) is 185 cm³/mol. The van der Waals surface area contributed by atoms with Gasteiger partial charge in [0.15, 0.2) is 0 Å². The number of likely N-dealkylation sites (N-methyl/N-ethyl adjacent to an activating group) is 1. The summed E-state index contributed by atoms with van der Waals surface area (Å²) in [7, 11) is -2.62. The van der Waals surface area contributed by atoms with Crippen LogP contribution in [0.25, 0.3) is 0 Å². The van der Waals surface area contributed by atoms with E-state index in [2.05, 4.69) is 10.6 Å². The first-order chi connectivity index (χ1) is 22.9. The van der Waals surface area contributed by atoms with Crippen molar-refractivity contribution >= 4 is 27.9 Å². The monoisotopic (exact) mass is 698 g/mol. The topological polar surface area (TPSA) is 168 Å². The minimum atomic E-state index is -4.06. The molecule has 3 aromatic carbocycles. The van der Waals surface area contributed by atoms with Crippen molar-refractivity contribution in [3.05, 3.63) is 101 Å². The molecule has 0 bridgehead atoms. The molecule has 0 aliphatic heterocycles. The number of benzene rings is 3. The van der Waals surface area contributed by atoms with Gasteiger partial charge in [-0.05, 0) is 65.6 Å². The molecule has 0 radical (unpaired) electrons. The van der Waals surface area contributed by atoms with Crippen molar-refractivity contribution in [2.24, 2.45) is 11.1 Å². The summed E-state index contributed by atoms with van der Waals surface area (Å²) in [5.74, 6) is -3.89. The Bertz CT molecular complexity index is 1700. The van der Waals surface area contributed by atoms with Crippen LogP contribution in [0, 0.1) is 11.7 Å². The SMILES string of the molecule is CCC(C(=O)NC(Cc1ccc(O)c(C(C)(C)C)c1)CS(N)(=O)=O)C(NC(=O)OCc1ccccc1)N(C)C(=O)C(C)c1ccc(F)cc1. The molecule has 3 aromatic rings. The molecule has 0 fully saturated rings. The zero-order chi connectivity index (χ0) is 36.5. The molecule has 4 atom stereocenters.